The number of rotatable bonds is 10. The van der Waals surface area contributed by atoms with Gasteiger partial charge in [-0.1, -0.05) is 78.9 Å². The van der Waals surface area contributed by atoms with Crippen LogP contribution in [-0.2, 0) is 4.74 Å². The van der Waals surface area contributed by atoms with Crippen molar-refractivity contribution in [1.29, 1.82) is 0 Å². The first-order valence-corrected chi connectivity index (χ1v) is 13.9. The molecule has 0 aromatic carbocycles. The van der Waals surface area contributed by atoms with Gasteiger partial charge in [0, 0.05) is 5.92 Å². The van der Waals surface area contributed by atoms with E-state index < -0.39 is 0 Å². The summed E-state index contributed by atoms with van der Waals surface area (Å²) in [5, 5.41) is 0. The molecule has 7 atom stereocenters. The van der Waals surface area contributed by atoms with Crippen molar-refractivity contribution in [3.63, 3.8) is 0 Å². The van der Waals surface area contributed by atoms with E-state index in [0.717, 1.165) is 59.1 Å². The molecule has 0 N–H and O–H groups in total. The Morgan fingerprint density at radius 3 is 2.41 bits per heavy atom. The molecule has 4 aliphatic carbocycles. The zero-order valence-corrected chi connectivity index (χ0v) is 22.6. The highest BCUT2D eigenvalue weighted by Gasteiger charge is 2.57. The summed E-state index contributed by atoms with van der Waals surface area (Å²) in [5.74, 6) is 5.61. The van der Waals surface area contributed by atoms with Crippen LogP contribution in [0.2, 0.25) is 18.5 Å². The minimum absolute atomic E-state index is 0.545. The third kappa shape index (κ3) is 4.75. The highest BCUT2D eigenvalue weighted by Crippen LogP contribution is 2.65. The van der Waals surface area contributed by atoms with Crippen molar-refractivity contribution in [1.82, 2.24) is 0 Å². The van der Waals surface area contributed by atoms with Crippen LogP contribution in [0.4, 0.5) is 0 Å². The van der Waals surface area contributed by atoms with E-state index in [9.17, 15) is 0 Å². The molecular weight excluding hydrogens is 466 g/mol. The molecule has 0 amide bonds. The Hall–Kier alpha value is 0.335. The number of fused-ring (bicyclic) bond motifs is 2. The predicted octanol–water partition coefficient (Wildman–Crippen LogP) is 4.22. The lowest BCUT2D eigenvalue weighted by Crippen LogP contribution is -3.39. The van der Waals surface area contributed by atoms with E-state index >= 15 is 0 Å². The lowest BCUT2D eigenvalue weighted by Gasteiger charge is -2.63. The predicted molar refractivity (Wildman–Crippen MR) is 125 cm³/mol. The maximum atomic E-state index is 5.66. The van der Waals surface area contributed by atoms with Gasteiger partial charge in [-0.3, -0.25) is 0 Å². The van der Waals surface area contributed by atoms with Gasteiger partial charge in [-0.15, -0.1) is 0 Å². The van der Waals surface area contributed by atoms with Crippen LogP contribution in [0.15, 0.2) is 12.3 Å². The molecule has 0 spiro atoms. The van der Waals surface area contributed by atoms with Gasteiger partial charge < -0.3 is 4.74 Å². The van der Waals surface area contributed by atoms with E-state index in [1.54, 1.807) is 0 Å². The van der Waals surface area contributed by atoms with E-state index in [1.165, 1.54) is 38.3 Å². The zero-order chi connectivity index (χ0) is 21.4. The van der Waals surface area contributed by atoms with Crippen molar-refractivity contribution < 1.29 is 27.3 Å². The first kappa shape index (κ1) is 24.0. The van der Waals surface area contributed by atoms with Crippen LogP contribution in [-0.4, -0.2) is 17.2 Å². The van der Waals surface area contributed by atoms with Crippen molar-refractivity contribution in [2.75, 3.05) is 6.61 Å². The number of allylic oxidation sites excluding steroid dienone is 1. The molecule has 4 saturated carbocycles. The zero-order valence-electron chi connectivity index (χ0n) is 20.2. The Morgan fingerprint density at radius 2 is 1.86 bits per heavy atom. The first-order valence-electron chi connectivity index (χ1n) is 12.5. The van der Waals surface area contributed by atoms with Crippen LogP contribution >= 0.6 is 0 Å². The Bertz CT molecular complexity index is 569. The Morgan fingerprint density at radius 1 is 1.14 bits per heavy atom. The Labute approximate surface area is 195 Å². The van der Waals surface area contributed by atoms with E-state index in [4.69, 9.17) is 4.74 Å². The van der Waals surface area contributed by atoms with Crippen molar-refractivity contribution >= 4 is 6.71 Å². The first-order chi connectivity index (χ1) is 13.6. The standard InChI is InChI=1S/C26H47BIO/c1-8-13-29-14-9-11-27(12-10-20-15-23(19(3)28)25(20,4)5)24-17-21-16-22(18(24)2)26(21,6)7/h9,14,18-24,28H,8,10-13,15-17H2,1-7H3/q+1/b14-9-/t18-,19-,20?,21?,22?,23?,24-/m1/s1. The van der Waals surface area contributed by atoms with E-state index in [2.05, 4.69) is 77.1 Å². The van der Waals surface area contributed by atoms with Crippen LogP contribution < -0.4 is 22.6 Å². The fraction of sp³-hybridized carbons (Fsp3) is 0.923. The van der Waals surface area contributed by atoms with Crippen LogP contribution in [0, 0.1) is 40.4 Å². The molecule has 1 nitrogen and oxygen atoms in total. The molecular formula is C26H47BIO+. The number of hydrogen-bond acceptors (Lipinski definition) is 1. The van der Waals surface area contributed by atoms with Gasteiger partial charge >= 0.3 is 0 Å². The van der Waals surface area contributed by atoms with Crippen molar-refractivity contribution in [2.24, 2.45) is 40.4 Å². The topological polar surface area (TPSA) is 9.23 Å². The lowest BCUT2D eigenvalue weighted by molar-refractivity contribution is -0.443. The summed E-state index contributed by atoms with van der Waals surface area (Å²) in [6.07, 6.45) is 14.0. The number of alkyl halides is 1. The second kappa shape index (κ2) is 9.45. The molecule has 0 aromatic rings. The molecule has 4 unspecified atom stereocenters. The summed E-state index contributed by atoms with van der Waals surface area (Å²) in [6, 6.07) is 0. The summed E-state index contributed by atoms with van der Waals surface area (Å²) in [6.45, 7) is 19.1. The Balaban J connectivity index is 1.61. The highest BCUT2D eigenvalue weighted by atomic mass is 127. The third-order valence-electron chi connectivity index (χ3n) is 9.97. The van der Waals surface area contributed by atoms with Crippen LogP contribution in [0.3, 0.4) is 0 Å². The summed E-state index contributed by atoms with van der Waals surface area (Å²) < 4.78 is 6.51. The van der Waals surface area contributed by atoms with Crippen molar-refractivity contribution in [2.45, 2.75) is 103 Å². The van der Waals surface area contributed by atoms with Gasteiger partial charge in [-0.2, -0.15) is 0 Å². The van der Waals surface area contributed by atoms with Crippen LogP contribution in [0.25, 0.3) is 0 Å². The molecule has 0 aromatic heterocycles. The van der Waals surface area contributed by atoms with Gasteiger partial charge in [0.2, 0.25) is 0 Å². The molecule has 0 heterocycles. The van der Waals surface area contributed by atoms with Gasteiger partial charge in [-0.05, 0) is 60.7 Å². The smallest absolute Gasteiger partial charge is 0.255 e. The quantitative estimate of drug-likeness (QED) is 0.140. The summed E-state index contributed by atoms with van der Waals surface area (Å²) in [4.78, 5) is 0. The molecule has 4 aliphatic rings. The van der Waals surface area contributed by atoms with Gasteiger partial charge in [0.25, 0.3) is 22.6 Å². The Kier molecular flexibility index (Phi) is 7.82. The van der Waals surface area contributed by atoms with E-state index in [0.29, 0.717) is 10.8 Å². The second-order valence-corrected chi connectivity index (χ2v) is 14.1. The molecule has 2 bridgehead atoms. The van der Waals surface area contributed by atoms with E-state index in [-0.39, 0.29) is 0 Å². The lowest BCUT2D eigenvalue weighted by atomic mass is 9.27. The van der Waals surface area contributed by atoms with Gasteiger partial charge in [0.1, 0.15) is 6.71 Å². The SMILES string of the molecule is CCCO/C=C\CB(CCC1CC([C@@H](C)[IH+])C1(C)C)[C@@H]1CC2CC([C@H]1C)C2(C)C. The van der Waals surface area contributed by atoms with Crippen molar-refractivity contribution in [3.8, 4) is 0 Å². The monoisotopic (exact) mass is 513 g/mol. The average Bonchev–Trinajstić information content (AvgIpc) is 2.64. The van der Waals surface area contributed by atoms with Crippen molar-refractivity contribution in [3.05, 3.63) is 12.3 Å². The summed E-state index contributed by atoms with van der Waals surface area (Å²) in [7, 11) is 0. The molecule has 0 aliphatic heterocycles. The van der Waals surface area contributed by atoms with Gasteiger partial charge in [-0.25, -0.2) is 0 Å². The molecule has 3 heteroatoms. The van der Waals surface area contributed by atoms with Gasteiger partial charge in [0.15, 0.2) is 3.92 Å². The minimum Gasteiger partial charge on any atom is -0.502 e. The molecule has 29 heavy (non-hydrogen) atoms. The normalized spacial score (nSPS) is 38.2. The highest BCUT2D eigenvalue weighted by molar-refractivity contribution is 6.61. The number of hydrogen-bond donors (Lipinski definition) is 0. The summed E-state index contributed by atoms with van der Waals surface area (Å²) in [5.41, 5.74) is 1.14. The molecule has 4 rings (SSSR count). The fourth-order valence-corrected chi connectivity index (χ4v) is 8.88. The van der Waals surface area contributed by atoms with Crippen LogP contribution in [0.1, 0.15) is 80.6 Å². The van der Waals surface area contributed by atoms with Crippen LogP contribution in [0.5, 0.6) is 0 Å². The number of ether oxygens (including phenoxy) is 1. The number of halogens is 1. The fourth-order valence-electron chi connectivity index (χ4n) is 7.56. The largest absolute Gasteiger partial charge is 0.502 e. The van der Waals surface area contributed by atoms with Gasteiger partial charge in [0.05, 0.1) is 12.9 Å². The molecule has 4 fully saturated rings. The molecule has 0 radical (unpaired) electrons. The average molecular weight is 513 g/mol. The molecule has 0 saturated heterocycles. The maximum Gasteiger partial charge on any atom is 0.255 e. The minimum atomic E-state index is 0.545. The molecule has 166 valence electrons. The maximum absolute atomic E-state index is 5.66. The summed E-state index contributed by atoms with van der Waals surface area (Å²) >= 11 is 2.34. The van der Waals surface area contributed by atoms with E-state index in [1.807, 2.05) is 6.26 Å². The second-order valence-electron chi connectivity index (χ2n) is 12.0. The third-order valence-corrected chi connectivity index (χ3v) is 10.9.